The second kappa shape index (κ2) is 6.12. The van der Waals surface area contributed by atoms with Crippen molar-refractivity contribution in [2.24, 2.45) is 0 Å². The van der Waals surface area contributed by atoms with E-state index in [0.717, 1.165) is 21.8 Å². The molecule has 0 fully saturated rings. The first kappa shape index (κ1) is 15.7. The van der Waals surface area contributed by atoms with E-state index in [1.807, 2.05) is 30.3 Å². The Morgan fingerprint density at radius 1 is 1.26 bits per heavy atom. The number of aromatic nitrogens is 3. The maximum absolute atomic E-state index is 11.7. The summed E-state index contributed by atoms with van der Waals surface area (Å²) in [5.74, 6) is 1.47. The second-order valence-electron chi connectivity index (χ2n) is 5.56. The summed E-state index contributed by atoms with van der Waals surface area (Å²) in [6.45, 7) is 4.22. The first-order valence-corrected chi connectivity index (χ1v) is 8.93. The molecule has 1 unspecified atom stereocenters. The van der Waals surface area contributed by atoms with E-state index in [1.165, 1.54) is 0 Å². The minimum atomic E-state index is -1.05. The van der Waals surface area contributed by atoms with Crippen molar-refractivity contribution in [3.8, 4) is 17.1 Å². The smallest absolute Gasteiger partial charge is 0.178 e. The highest BCUT2D eigenvalue weighted by atomic mass is 32.2. The van der Waals surface area contributed by atoms with Gasteiger partial charge in [0.2, 0.25) is 0 Å². The third-order valence-electron chi connectivity index (χ3n) is 3.73. The van der Waals surface area contributed by atoms with Gasteiger partial charge in [-0.15, -0.1) is 0 Å². The third-order valence-corrected chi connectivity index (χ3v) is 4.65. The lowest BCUT2D eigenvalue weighted by Crippen LogP contribution is -2.04. The second-order valence-corrected chi connectivity index (χ2v) is 6.94. The largest absolute Gasteiger partial charge is 0.496 e. The van der Waals surface area contributed by atoms with Crippen LogP contribution in [0, 0.1) is 0 Å². The molecular formula is C17H19N3O2S. The Kier molecular flexibility index (Phi) is 4.17. The molecule has 2 heterocycles. The topological polar surface area (TPSA) is 57.0 Å². The number of hydrogen-bond donors (Lipinski definition) is 0. The Labute approximate surface area is 137 Å². The molecule has 3 aromatic rings. The zero-order valence-electron chi connectivity index (χ0n) is 13.6. The maximum Gasteiger partial charge on any atom is 0.178 e. The minimum Gasteiger partial charge on any atom is -0.496 e. The zero-order chi connectivity index (χ0) is 16.6. The summed E-state index contributed by atoms with van der Waals surface area (Å²) in [5, 5.41) is 0. The molecule has 2 aromatic heterocycles. The van der Waals surface area contributed by atoms with Gasteiger partial charge in [0.05, 0.1) is 18.2 Å². The highest BCUT2D eigenvalue weighted by molar-refractivity contribution is 7.84. The van der Waals surface area contributed by atoms with Crippen LogP contribution < -0.4 is 4.74 Å². The van der Waals surface area contributed by atoms with Gasteiger partial charge in [0.1, 0.15) is 11.6 Å². The number of imidazole rings is 1. The van der Waals surface area contributed by atoms with Crippen LogP contribution in [0.1, 0.15) is 19.9 Å². The Balaban J connectivity index is 2.28. The summed E-state index contributed by atoms with van der Waals surface area (Å²) >= 11 is 0. The van der Waals surface area contributed by atoms with Crippen molar-refractivity contribution in [3.05, 3.63) is 36.5 Å². The molecule has 120 valence electrons. The summed E-state index contributed by atoms with van der Waals surface area (Å²) in [5.41, 5.74) is 2.57. The fourth-order valence-corrected chi connectivity index (χ4v) is 3.21. The molecule has 0 saturated heterocycles. The van der Waals surface area contributed by atoms with Crippen molar-refractivity contribution >= 4 is 22.0 Å². The Morgan fingerprint density at radius 3 is 2.70 bits per heavy atom. The molecule has 23 heavy (non-hydrogen) atoms. The number of pyridine rings is 1. The van der Waals surface area contributed by atoms with Crippen LogP contribution in [0.15, 0.2) is 41.4 Å². The predicted molar refractivity (Wildman–Crippen MR) is 92.2 cm³/mol. The van der Waals surface area contributed by atoms with Gasteiger partial charge in [0, 0.05) is 34.2 Å². The predicted octanol–water partition coefficient (Wildman–Crippen LogP) is 3.43. The number of nitrogens with zero attached hydrogens (tertiary/aromatic N) is 3. The van der Waals surface area contributed by atoms with Gasteiger partial charge >= 0.3 is 0 Å². The van der Waals surface area contributed by atoms with Crippen molar-refractivity contribution < 1.29 is 8.95 Å². The summed E-state index contributed by atoms with van der Waals surface area (Å²) < 4.78 is 19.4. The van der Waals surface area contributed by atoms with E-state index < -0.39 is 10.8 Å². The number of ether oxygens (including phenoxy) is 1. The number of methoxy groups -OCH3 is 1. The molecule has 0 aliphatic heterocycles. The normalized spacial score (nSPS) is 12.7. The summed E-state index contributed by atoms with van der Waals surface area (Å²) in [6.07, 6.45) is 3.39. The summed E-state index contributed by atoms with van der Waals surface area (Å²) in [6, 6.07) is 9.72. The molecule has 0 amide bonds. The van der Waals surface area contributed by atoms with Crippen LogP contribution in [0.5, 0.6) is 5.75 Å². The lowest BCUT2D eigenvalue weighted by Gasteiger charge is -2.15. The van der Waals surface area contributed by atoms with Crippen molar-refractivity contribution in [1.29, 1.82) is 0 Å². The van der Waals surface area contributed by atoms with E-state index in [9.17, 15) is 4.21 Å². The lowest BCUT2D eigenvalue weighted by atomic mass is 10.1. The molecular weight excluding hydrogens is 310 g/mol. The van der Waals surface area contributed by atoms with Gasteiger partial charge in [-0.3, -0.25) is 4.21 Å². The maximum atomic E-state index is 11.7. The van der Waals surface area contributed by atoms with Crippen molar-refractivity contribution in [3.63, 3.8) is 0 Å². The van der Waals surface area contributed by atoms with E-state index in [4.69, 9.17) is 4.74 Å². The van der Waals surface area contributed by atoms with Gasteiger partial charge in [-0.2, -0.15) is 0 Å². The van der Waals surface area contributed by atoms with Gasteiger partial charge in [0.15, 0.2) is 5.65 Å². The third kappa shape index (κ3) is 2.74. The number of benzene rings is 1. The molecule has 0 N–H and O–H groups in total. The van der Waals surface area contributed by atoms with Crippen LogP contribution in [-0.2, 0) is 10.8 Å². The number of fused-ring (bicyclic) bond motifs is 1. The first-order valence-electron chi connectivity index (χ1n) is 7.37. The van der Waals surface area contributed by atoms with Crippen LogP contribution in [0.3, 0.4) is 0 Å². The molecule has 0 spiro atoms. The fraction of sp³-hybridized carbons (Fsp3) is 0.294. The van der Waals surface area contributed by atoms with Crippen LogP contribution in [0.2, 0.25) is 0 Å². The molecule has 3 rings (SSSR count). The average Bonchev–Trinajstić information content (AvgIpc) is 2.93. The van der Waals surface area contributed by atoms with Crippen molar-refractivity contribution in [2.75, 3.05) is 13.4 Å². The van der Waals surface area contributed by atoms with Gasteiger partial charge in [-0.1, -0.05) is 0 Å². The average molecular weight is 329 g/mol. The molecule has 1 atom stereocenters. The Bertz CT molecular complexity index is 887. The quantitative estimate of drug-likeness (QED) is 0.736. The van der Waals surface area contributed by atoms with Crippen LogP contribution in [0.25, 0.3) is 22.6 Å². The zero-order valence-corrected chi connectivity index (χ0v) is 14.4. The minimum absolute atomic E-state index is 0.226. The highest BCUT2D eigenvalue weighted by Gasteiger charge is 2.19. The fourth-order valence-electron chi connectivity index (χ4n) is 2.68. The molecule has 0 bridgehead atoms. The monoisotopic (exact) mass is 329 g/mol. The van der Waals surface area contributed by atoms with E-state index in [1.54, 1.807) is 19.6 Å². The van der Waals surface area contributed by atoms with Crippen molar-refractivity contribution in [1.82, 2.24) is 14.5 Å². The molecule has 6 heteroatoms. The number of hydrogen-bond acceptors (Lipinski definition) is 4. The standard InChI is InChI=1S/C17H19N3O2S/c1-11(2)20-14-6-5-9-18-16(14)19-17(20)13-8-7-12(23(4)21)10-15(13)22-3/h5-11H,1-4H3. The van der Waals surface area contributed by atoms with Crippen molar-refractivity contribution in [2.45, 2.75) is 24.8 Å². The number of rotatable bonds is 4. The van der Waals surface area contributed by atoms with Gasteiger partial charge < -0.3 is 9.30 Å². The van der Waals surface area contributed by atoms with E-state index in [2.05, 4.69) is 28.4 Å². The molecule has 0 aliphatic rings. The molecule has 0 radical (unpaired) electrons. The van der Waals surface area contributed by atoms with E-state index >= 15 is 0 Å². The summed E-state index contributed by atoms with van der Waals surface area (Å²) in [7, 11) is 0.559. The molecule has 0 aliphatic carbocycles. The van der Waals surface area contributed by atoms with Crippen LogP contribution in [0.4, 0.5) is 0 Å². The highest BCUT2D eigenvalue weighted by Crippen LogP contribution is 2.34. The Hall–Kier alpha value is -2.21. The SMILES string of the molecule is COc1cc(S(C)=O)ccc1-c1nc2ncccc2n1C(C)C. The molecule has 5 nitrogen and oxygen atoms in total. The van der Waals surface area contributed by atoms with Crippen LogP contribution in [-0.4, -0.2) is 32.1 Å². The van der Waals surface area contributed by atoms with E-state index in [-0.39, 0.29) is 6.04 Å². The van der Waals surface area contributed by atoms with E-state index in [0.29, 0.717) is 11.4 Å². The van der Waals surface area contributed by atoms with Gasteiger partial charge in [-0.05, 0) is 44.2 Å². The lowest BCUT2D eigenvalue weighted by molar-refractivity contribution is 0.414. The molecule has 1 aromatic carbocycles. The summed E-state index contributed by atoms with van der Waals surface area (Å²) in [4.78, 5) is 9.77. The Morgan fingerprint density at radius 2 is 2.04 bits per heavy atom. The van der Waals surface area contributed by atoms with Gasteiger partial charge in [-0.25, -0.2) is 9.97 Å². The first-order chi connectivity index (χ1) is 11.0. The van der Waals surface area contributed by atoms with Gasteiger partial charge in [0.25, 0.3) is 0 Å². The molecule has 0 saturated carbocycles. The van der Waals surface area contributed by atoms with Crippen LogP contribution >= 0.6 is 0 Å².